The molecule has 168 valence electrons. The second kappa shape index (κ2) is 9.48. The van der Waals surface area contributed by atoms with Crippen LogP contribution >= 0.6 is 11.8 Å². The molecule has 8 heteroatoms. The zero-order valence-corrected chi connectivity index (χ0v) is 19.1. The van der Waals surface area contributed by atoms with E-state index in [0.717, 1.165) is 11.8 Å². The molecule has 0 aliphatic heterocycles. The predicted octanol–water partition coefficient (Wildman–Crippen LogP) is 6.30. The van der Waals surface area contributed by atoms with Crippen molar-refractivity contribution in [3.8, 4) is 17.2 Å². The van der Waals surface area contributed by atoms with Crippen LogP contribution in [0.2, 0.25) is 0 Å². The van der Waals surface area contributed by atoms with E-state index >= 15 is 0 Å². The van der Waals surface area contributed by atoms with Crippen LogP contribution in [0.3, 0.4) is 0 Å². The van der Waals surface area contributed by atoms with Gasteiger partial charge in [0.15, 0.2) is 0 Å². The Kier molecular flexibility index (Phi) is 6.48. The SMILES string of the molecule is C=C(O)CSc1cc(NS(=O)(=O)c2cccc(Oc3ccccc3)c2)c2ccccc2c1O. The predicted molar refractivity (Wildman–Crippen MR) is 132 cm³/mol. The standard InChI is InChI=1S/C25H21NO5S2/c1-17(27)16-32-24-15-23(21-12-5-6-13-22(21)25(24)28)26-33(29,30)20-11-7-10-19(14-20)31-18-8-3-2-4-9-18/h2-15,26-28H,1,16H2. The number of benzene rings is 4. The molecule has 0 saturated heterocycles. The molecule has 0 amide bonds. The average Bonchev–Trinajstić information content (AvgIpc) is 2.81. The van der Waals surface area contributed by atoms with E-state index in [-0.39, 0.29) is 22.2 Å². The Bertz CT molecular complexity index is 1420. The number of hydrogen-bond acceptors (Lipinski definition) is 6. The maximum atomic E-state index is 13.2. The van der Waals surface area contributed by atoms with Gasteiger partial charge in [-0.1, -0.05) is 55.1 Å². The van der Waals surface area contributed by atoms with Gasteiger partial charge in [0.25, 0.3) is 10.0 Å². The Hall–Kier alpha value is -3.62. The number of ether oxygens (including phenoxy) is 1. The number of phenolic OH excluding ortho intramolecular Hbond substituents is 1. The third kappa shape index (κ3) is 5.24. The van der Waals surface area contributed by atoms with Gasteiger partial charge in [0.1, 0.15) is 17.2 Å². The third-order valence-corrected chi connectivity index (χ3v) is 7.18. The molecule has 0 unspecified atom stereocenters. The van der Waals surface area contributed by atoms with Gasteiger partial charge < -0.3 is 14.9 Å². The number of para-hydroxylation sites is 1. The Morgan fingerprint density at radius 1 is 0.909 bits per heavy atom. The van der Waals surface area contributed by atoms with E-state index in [2.05, 4.69) is 11.3 Å². The molecule has 0 bridgehead atoms. The van der Waals surface area contributed by atoms with Crippen molar-refractivity contribution >= 4 is 38.2 Å². The van der Waals surface area contributed by atoms with E-state index in [0.29, 0.717) is 32.9 Å². The topological polar surface area (TPSA) is 95.9 Å². The summed E-state index contributed by atoms with van der Waals surface area (Å²) in [4.78, 5) is 0.453. The van der Waals surface area contributed by atoms with E-state index in [1.54, 1.807) is 54.6 Å². The van der Waals surface area contributed by atoms with Crippen molar-refractivity contribution in [1.29, 1.82) is 0 Å². The molecular formula is C25H21NO5S2. The third-order valence-electron chi connectivity index (χ3n) is 4.71. The van der Waals surface area contributed by atoms with Gasteiger partial charge in [0, 0.05) is 16.8 Å². The molecule has 0 radical (unpaired) electrons. The second-order valence-electron chi connectivity index (χ2n) is 7.17. The van der Waals surface area contributed by atoms with Crippen molar-refractivity contribution < 1.29 is 23.4 Å². The first-order valence-electron chi connectivity index (χ1n) is 9.93. The molecular weight excluding hydrogens is 458 g/mol. The zero-order chi connectivity index (χ0) is 23.4. The minimum Gasteiger partial charge on any atom is -0.512 e. The van der Waals surface area contributed by atoms with E-state index in [1.165, 1.54) is 12.1 Å². The maximum absolute atomic E-state index is 13.2. The first-order valence-corrected chi connectivity index (χ1v) is 12.4. The van der Waals surface area contributed by atoms with Gasteiger partial charge in [-0.2, -0.15) is 0 Å². The molecule has 4 aromatic carbocycles. The van der Waals surface area contributed by atoms with Crippen molar-refractivity contribution in [2.75, 3.05) is 10.5 Å². The Morgan fingerprint density at radius 2 is 1.58 bits per heavy atom. The highest BCUT2D eigenvalue weighted by Crippen LogP contribution is 2.41. The van der Waals surface area contributed by atoms with Gasteiger partial charge in [0.2, 0.25) is 0 Å². The Labute approximate surface area is 196 Å². The molecule has 0 heterocycles. The molecule has 3 N–H and O–H groups in total. The quantitative estimate of drug-likeness (QED) is 0.156. The molecule has 0 aliphatic rings. The molecule has 0 aromatic heterocycles. The number of hydrogen-bond donors (Lipinski definition) is 3. The highest BCUT2D eigenvalue weighted by atomic mass is 32.2. The molecule has 4 aromatic rings. The van der Waals surface area contributed by atoms with Crippen molar-refractivity contribution in [3.05, 3.63) is 97.3 Å². The smallest absolute Gasteiger partial charge is 0.262 e. The van der Waals surface area contributed by atoms with Crippen LogP contribution in [0.5, 0.6) is 17.2 Å². The molecule has 0 spiro atoms. The lowest BCUT2D eigenvalue weighted by molar-refractivity contribution is 0.420. The number of rotatable bonds is 8. The number of aliphatic hydroxyl groups excluding tert-OH is 1. The van der Waals surface area contributed by atoms with E-state index in [1.807, 2.05) is 18.2 Å². The summed E-state index contributed by atoms with van der Waals surface area (Å²) in [6.07, 6.45) is 0. The zero-order valence-electron chi connectivity index (χ0n) is 17.4. The number of fused-ring (bicyclic) bond motifs is 1. The first-order chi connectivity index (χ1) is 15.8. The van der Waals surface area contributed by atoms with E-state index in [9.17, 15) is 18.6 Å². The summed E-state index contributed by atoms with van der Waals surface area (Å²) in [7, 11) is -3.97. The van der Waals surface area contributed by atoms with Gasteiger partial charge >= 0.3 is 0 Å². The molecule has 6 nitrogen and oxygen atoms in total. The molecule has 0 aliphatic carbocycles. The summed E-state index contributed by atoms with van der Waals surface area (Å²) in [5, 5.41) is 21.1. The van der Waals surface area contributed by atoms with Gasteiger partial charge in [-0.3, -0.25) is 4.72 Å². The lowest BCUT2D eigenvalue weighted by Crippen LogP contribution is -2.13. The number of sulfonamides is 1. The number of aromatic hydroxyl groups is 1. The highest BCUT2D eigenvalue weighted by molar-refractivity contribution is 7.99. The van der Waals surface area contributed by atoms with Crippen LogP contribution in [-0.2, 0) is 10.0 Å². The van der Waals surface area contributed by atoms with E-state index < -0.39 is 10.0 Å². The maximum Gasteiger partial charge on any atom is 0.262 e. The lowest BCUT2D eigenvalue weighted by atomic mass is 10.1. The number of phenols is 1. The lowest BCUT2D eigenvalue weighted by Gasteiger charge is -2.15. The fourth-order valence-electron chi connectivity index (χ4n) is 3.22. The minimum absolute atomic E-state index is 0.0121. The van der Waals surface area contributed by atoms with Crippen LogP contribution in [0.4, 0.5) is 5.69 Å². The summed E-state index contributed by atoms with van der Waals surface area (Å²) in [5.74, 6) is 1.11. The number of nitrogens with one attached hydrogen (secondary N) is 1. The Morgan fingerprint density at radius 3 is 2.30 bits per heavy atom. The van der Waals surface area contributed by atoms with Crippen LogP contribution in [-0.4, -0.2) is 24.4 Å². The monoisotopic (exact) mass is 479 g/mol. The molecule has 4 rings (SSSR count). The van der Waals surface area contributed by atoms with Gasteiger partial charge in [-0.25, -0.2) is 8.42 Å². The fourth-order valence-corrected chi connectivity index (χ4v) is 5.10. The van der Waals surface area contributed by atoms with Crippen molar-refractivity contribution in [1.82, 2.24) is 0 Å². The minimum atomic E-state index is -3.97. The van der Waals surface area contributed by atoms with Crippen LogP contribution in [0.15, 0.2) is 107 Å². The normalized spacial score (nSPS) is 11.3. The number of aliphatic hydroxyl groups is 1. The molecule has 33 heavy (non-hydrogen) atoms. The van der Waals surface area contributed by atoms with Crippen LogP contribution in [0.25, 0.3) is 10.8 Å². The first kappa shape index (κ1) is 22.6. The summed E-state index contributed by atoms with van der Waals surface area (Å²) < 4.78 is 34.8. The van der Waals surface area contributed by atoms with Gasteiger partial charge in [-0.15, -0.1) is 11.8 Å². The number of anilines is 1. The highest BCUT2D eigenvalue weighted by Gasteiger charge is 2.19. The van der Waals surface area contributed by atoms with Crippen molar-refractivity contribution in [2.24, 2.45) is 0 Å². The molecule has 0 atom stereocenters. The van der Waals surface area contributed by atoms with E-state index in [4.69, 9.17) is 4.74 Å². The summed E-state index contributed by atoms with van der Waals surface area (Å²) in [6.45, 7) is 3.45. The van der Waals surface area contributed by atoms with Crippen LogP contribution in [0.1, 0.15) is 0 Å². The summed E-state index contributed by atoms with van der Waals surface area (Å²) in [5.41, 5.74) is 0.309. The largest absolute Gasteiger partial charge is 0.512 e. The fraction of sp³-hybridized carbons (Fsp3) is 0.0400. The van der Waals surface area contributed by atoms with Crippen LogP contribution in [0, 0.1) is 0 Å². The van der Waals surface area contributed by atoms with Crippen LogP contribution < -0.4 is 9.46 Å². The second-order valence-corrected chi connectivity index (χ2v) is 9.87. The summed E-state index contributed by atoms with van der Waals surface area (Å²) in [6, 6.07) is 23.8. The van der Waals surface area contributed by atoms with Gasteiger partial charge in [-0.05, 0) is 30.3 Å². The van der Waals surface area contributed by atoms with Crippen molar-refractivity contribution in [2.45, 2.75) is 9.79 Å². The summed E-state index contributed by atoms with van der Waals surface area (Å²) >= 11 is 1.16. The average molecular weight is 480 g/mol. The molecule has 0 saturated carbocycles. The Balaban J connectivity index is 1.69. The number of thioether (sulfide) groups is 1. The van der Waals surface area contributed by atoms with Crippen molar-refractivity contribution in [3.63, 3.8) is 0 Å². The van der Waals surface area contributed by atoms with Gasteiger partial charge in [0.05, 0.1) is 27.0 Å². The molecule has 0 fully saturated rings.